The molecule has 0 rings (SSSR count). The molecule has 0 bridgehead atoms. The lowest BCUT2D eigenvalue weighted by atomic mass is 10.0. The van der Waals surface area contributed by atoms with Gasteiger partial charge in [0.2, 0.25) is 5.91 Å². The van der Waals surface area contributed by atoms with Crippen LogP contribution in [0.5, 0.6) is 0 Å². The molecule has 0 aliphatic heterocycles. The van der Waals surface area contributed by atoms with Crippen LogP contribution in [-0.2, 0) is 4.79 Å². The molecular weight excluding hydrogens is 879 g/mol. The van der Waals surface area contributed by atoms with Crippen molar-refractivity contribution in [1.29, 1.82) is 0 Å². The molecule has 0 heterocycles. The van der Waals surface area contributed by atoms with Crippen LogP contribution in [0.15, 0.2) is 60.8 Å². The van der Waals surface area contributed by atoms with Crippen LogP contribution in [0.1, 0.15) is 348 Å². The van der Waals surface area contributed by atoms with E-state index in [2.05, 4.69) is 79.9 Å². The summed E-state index contributed by atoms with van der Waals surface area (Å²) in [4.78, 5) is 12.5. The van der Waals surface area contributed by atoms with Gasteiger partial charge in [-0.25, -0.2) is 0 Å². The summed E-state index contributed by atoms with van der Waals surface area (Å²) >= 11 is 0. The molecule has 72 heavy (non-hydrogen) atoms. The third kappa shape index (κ3) is 59.0. The minimum atomic E-state index is -0.661. The molecule has 0 aromatic heterocycles. The molecule has 2 atom stereocenters. The van der Waals surface area contributed by atoms with Crippen molar-refractivity contribution in [1.82, 2.24) is 5.32 Å². The predicted molar refractivity (Wildman–Crippen MR) is 322 cm³/mol. The maximum absolute atomic E-state index is 12.5. The fourth-order valence-corrected chi connectivity index (χ4v) is 10.2. The predicted octanol–water partition coefficient (Wildman–Crippen LogP) is 21.9. The van der Waals surface area contributed by atoms with Crippen molar-refractivity contribution in [2.45, 2.75) is 360 Å². The van der Waals surface area contributed by atoms with E-state index >= 15 is 0 Å². The van der Waals surface area contributed by atoms with Gasteiger partial charge < -0.3 is 15.5 Å². The van der Waals surface area contributed by atoms with Crippen LogP contribution in [0, 0.1) is 0 Å². The van der Waals surface area contributed by atoms with Crippen molar-refractivity contribution < 1.29 is 15.0 Å². The Morgan fingerprint density at radius 3 is 0.917 bits per heavy atom. The average molecular weight is 1010 g/mol. The molecule has 0 aromatic carbocycles. The number of allylic oxidation sites excluding steroid dienone is 10. The first-order valence-electron chi connectivity index (χ1n) is 32.5. The molecule has 3 N–H and O–H groups in total. The topological polar surface area (TPSA) is 69.6 Å². The van der Waals surface area contributed by atoms with Gasteiger partial charge in [0.15, 0.2) is 0 Å². The highest BCUT2D eigenvalue weighted by molar-refractivity contribution is 5.76. The Labute approximate surface area is 451 Å². The van der Waals surface area contributed by atoms with Gasteiger partial charge in [0.25, 0.3) is 0 Å². The first-order valence-corrected chi connectivity index (χ1v) is 32.5. The molecule has 0 fully saturated rings. The van der Waals surface area contributed by atoms with E-state index in [1.165, 1.54) is 263 Å². The van der Waals surface area contributed by atoms with Crippen molar-refractivity contribution in [3.63, 3.8) is 0 Å². The Kier molecular flexibility index (Phi) is 61.7. The monoisotopic (exact) mass is 1010 g/mol. The number of carbonyl (C=O) groups is 1. The Morgan fingerprint density at radius 2 is 0.611 bits per heavy atom. The molecule has 0 spiro atoms. The Balaban J connectivity index is 3.42. The van der Waals surface area contributed by atoms with E-state index in [9.17, 15) is 15.0 Å². The lowest BCUT2D eigenvalue weighted by Gasteiger charge is -2.22. The summed E-state index contributed by atoms with van der Waals surface area (Å²) in [6.07, 6.45) is 89.6. The van der Waals surface area contributed by atoms with Gasteiger partial charge in [-0.15, -0.1) is 0 Å². The van der Waals surface area contributed by atoms with Crippen LogP contribution in [0.25, 0.3) is 0 Å². The summed E-state index contributed by atoms with van der Waals surface area (Å²) in [5.74, 6) is -0.0256. The lowest BCUT2D eigenvalue weighted by molar-refractivity contribution is -0.123. The molecule has 2 unspecified atom stereocenters. The number of amides is 1. The van der Waals surface area contributed by atoms with Gasteiger partial charge in [0, 0.05) is 6.42 Å². The number of carbonyl (C=O) groups excluding carboxylic acids is 1. The number of nitrogens with one attached hydrogen (secondary N) is 1. The SMILES string of the molecule is CC/C=C\C/C=C\C/C=C\C/C=C\C/C=C\CCCCCCCCCCCCCCCCCCCCCC(=O)NC(CO)C(O)CCCCCCCCCCCCCCCCCCCCCCCCCCC. The van der Waals surface area contributed by atoms with Gasteiger partial charge in [-0.2, -0.15) is 0 Å². The number of unbranched alkanes of at least 4 members (excludes halogenated alkanes) is 43. The minimum absolute atomic E-state index is 0.0256. The maximum Gasteiger partial charge on any atom is 0.220 e. The molecule has 0 aliphatic carbocycles. The van der Waals surface area contributed by atoms with Crippen molar-refractivity contribution in [2.75, 3.05) is 6.61 Å². The number of hydrogen-bond acceptors (Lipinski definition) is 3. The van der Waals surface area contributed by atoms with Gasteiger partial charge in [-0.1, -0.05) is 344 Å². The molecule has 0 aliphatic rings. The van der Waals surface area contributed by atoms with Crippen LogP contribution in [0.2, 0.25) is 0 Å². The summed E-state index contributed by atoms with van der Waals surface area (Å²) in [7, 11) is 0. The molecule has 0 saturated carbocycles. The second-order valence-corrected chi connectivity index (χ2v) is 22.2. The summed E-state index contributed by atoms with van der Waals surface area (Å²) in [6.45, 7) is 4.28. The van der Waals surface area contributed by atoms with E-state index in [0.717, 1.165) is 57.8 Å². The standard InChI is InChI=1S/C68H127NO3/c1-3-5-7-9-11-13-15-17-19-21-23-25-27-29-30-31-32-33-34-35-36-37-38-40-42-44-46-48-50-52-54-56-58-60-62-64-68(72)69-66(65-70)67(71)63-61-59-57-55-53-51-49-47-45-43-41-39-28-26-24-22-20-18-16-14-12-10-8-6-4-2/h5,7,11,13,17,19,23,25,29-30,66-67,70-71H,3-4,6,8-10,12,14-16,18,20-22,24,26-28,31-65H2,1-2H3,(H,69,72)/b7-5-,13-11-,19-17-,25-23-,30-29-. The third-order valence-corrected chi connectivity index (χ3v) is 15.0. The zero-order valence-electron chi connectivity index (χ0n) is 48.7. The molecule has 0 saturated heterocycles. The van der Waals surface area contributed by atoms with E-state index in [-0.39, 0.29) is 12.5 Å². The fourth-order valence-electron chi connectivity index (χ4n) is 10.2. The second-order valence-electron chi connectivity index (χ2n) is 22.2. The second kappa shape index (κ2) is 63.4. The van der Waals surface area contributed by atoms with Gasteiger partial charge in [-0.3, -0.25) is 4.79 Å². The van der Waals surface area contributed by atoms with Crippen molar-refractivity contribution in [2.24, 2.45) is 0 Å². The molecule has 0 aromatic rings. The van der Waals surface area contributed by atoms with E-state index in [1.807, 2.05) is 0 Å². The third-order valence-electron chi connectivity index (χ3n) is 15.0. The van der Waals surface area contributed by atoms with E-state index in [4.69, 9.17) is 0 Å². The zero-order chi connectivity index (χ0) is 52.0. The van der Waals surface area contributed by atoms with Gasteiger partial charge in [0.05, 0.1) is 18.8 Å². The highest BCUT2D eigenvalue weighted by Crippen LogP contribution is 2.19. The molecule has 4 nitrogen and oxygen atoms in total. The average Bonchev–Trinajstić information content (AvgIpc) is 3.39. The van der Waals surface area contributed by atoms with Crippen LogP contribution in [0.4, 0.5) is 0 Å². The van der Waals surface area contributed by atoms with Crippen molar-refractivity contribution >= 4 is 5.91 Å². The number of aliphatic hydroxyl groups is 2. The van der Waals surface area contributed by atoms with Crippen LogP contribution < -0.4 is 5.32 Å². The summed E-state index contributed by atoms with van der Waals surface area (Å²) in [5, 5.41) is 23.4. The Morgan fingerprint density at radius 1 is 0.347 bits per heavy atom. The normalized spacial score (nSPS) is 13.1. The maximum atomic E-state index is 12.5. The number of aliphatic hydroxyl groups excluding tert-OH is 2. The van der Waals surface area contributed by atoms with Crippen molar-refractivity contribution in [3.8, 4) is 0 Å². The van der Waals surface area contributed by atoms with E-state index < -0.39 is 12.1 Å². The highest BCUT2D eigenvalue weighted by Gasteiger charge is 2.20. The van der Waals surface area contributed by atoms with E-state index in [1.54, 1.807) is 0 Å². The minimum Gasteiger partial charge on any atom is -0.394 e. The lowest BCUT2D eigenvalue weighted by Crippen LogP contribution is -2.45. The van der Waals surface area contributed by atoms with Crippen LogP contribution >= 0.6 is 0 Å². The smallest absolute Gasteiger partial charge is 0.220 e. The molecule has 0 radical (unpaired) electrons. The largest absolute Gasteiger partial charge is 0.394 e. The summed E-state index contributed by atoms with van der Waals surface area (Å²) in [6, 6.07) is -0.538. The first-order chi connectivity index (χ1) is 35.7. The zero-order valence-corrected chi connectivity index (χ0v) is 48.7. The summed E-state index contributed by atoms with van der Waals surface area (Å²) < 4.78 is 0. The molecule has 422 valence electrons. The molecule has 1 amide bonds. The first kappa shape index (κ1) is 70.1. The van der Waals surface area contributed by atoms with Crippen molar-refractivity contribution in [3.05, 3.63) is 60.8 Å². The van der Waals surface area contributed by atoms with Gasteiger partial charge in [-0.05, 0) is 57.8 Å². The quantitative estimate of drug-likeness (QED) is 0.0420. The van der Waals surface area contributed by atoms with Crippen LogP contribution in [0.3, 0.4) is 0 Å². The van der Waals surface area contributed by atoms with E-state index in [0.29, 0.717) is 12.8 Å². The molecule has 4 heteroatoms. The fraction of sp³-hybridized carbons (Fsp3) is 0.838. The number of hydrogen-bond donors (Lipinski definition) is 3. The summed E-state index contributed by atoms with van der Waals surface area (Å²) in [5.41, 5.74) is 0. The van der Waals surface area contributed by atoms with Gasteiger partial charge >= 0.3 is 0 Å². The highest BCUT2D eigenvalue weighted by atomic mass is 16.3. The number of rotatable bonds is 60. The van der Waals surface area contributed by atoms with Crippen LogP contribution in [-0.4, -0.2) is 34.9 Å². The Hall–Kier alpha value is -1.91. The Bertz CT molecular complexity index is 1190. The molecular formula is C68H127NO3. The van der Waals surface area contributed by atoms with Gasteiger partial charge in [0.1, 0.15) is 0 Å².